The van der Waals surface area contributed by atoms with Gasteiger partial charge in [0, 0.05) is 43.5 Å². The van der Waals surface area contributed by atoms with E-state index in [1.807, 2.05) is 4.90 Å². The molecule has 0 amide bonds. The van der Waals surface area contributed by atoms with Crippen LogP contribution in [0.25, 0.3) is 0 Å². The number of aryl methyl sites for hydroxylation is 1. The van der Waals surface area contributed by atoms with E-state index in [1.54, 1.807) is 6.92 Å². The maximum absolute atomic E-state index is 13.4. The summed E-state index contributed by atoms with van der Waals surface area (Å²) in [5.41, 5.74) is 1.61. The molecular weight excluding hydrogens is 407 g/mol. The normalized spacial score (nSPS) is 14.9. The first-order chi connectivity index (χ1) is 13.8. The Bertz CT molecular complexity index is 964. The Morgan fingerprint density at radius 1 is 1.17 bits per heavy atom. The smallest absolute Gasteiger partial charge is 0.387 e. The summed E-state index contributed by atoms with van der Waals surface area (Å²) >= 11 is 0. The number of rotatable bonds is 7. The Hall–Kier alpha value is -2.46. The van der Waals surface area contributed by atoms with Gasteiger partial charge in [0.05, 0.1) is 10.6 Å². The molecule has 0 bridgehead atoms. The number of piperazine rings is 1. The largest absolute Gasteiger partial charge is 0.435 e. The van der Waals surface area contributed by atoms with Crippen molar-refractivity contribution in [2.24, 2.45) is 0 Å². The zero-order valence-electron chi connectivity index (χ0n) is 15.8. The fraction of sp³-hybridized carbons (Fsp3) is 0.368. The molecule has 0 aliphatic carbocycles. The molecule has 6 nitrogen and oxygen atoms in total. The van der Waals surface area contributed by atoms with E-state index in [4.69, 9.17) is 0 Å². The second-order valence-corrected chi connectivity index (χ2v) is 8.30. The van der Waals surface area contributed by atoms with Crippen LogP contribution in [0.15, 0.2) is 41.3 Å². The number of alkyl halides is 3. The monoisotopic (exact) mass is 429 g/mol. The zero-order valence-corrected chi connectivity index (χ0v) is 16.6. The minimum atomic E-state index is -4.03. The summed E-state index contributed by atoms with van der Waals surface area (Å²) in [6.45, 7) is 0.624. The number of benzene rings is 2. The molecule has 1 saturated heterocycles. The zero-order chi connectivity index (χ0) is 21.0. The fourth-order valence-corrected chi connectivity index (χ4v) is 4.26. The van der Waals surface area contributed by atoms with E-state index < -0.39 is 23.3 Å². The fourth-order valence-electron chi connectivity index (χ4n) is 3.11. The van der Waals surface area contributed by atoms with E-state index >= 15 is 0 Å². The summed E-state index contributed by atoms with van der Waals surface area (Å²) in [5.74, 6) is -0.155. The quantitative estimate of drug-likeness (QED) is 0.707. The Balaban J connectivity index is 1.91. The maximum atomic E-state index is 13.4. The SMILES string of the molecule is Cc1ccc(OC(F)F)cc1NS(=O)(=O)c1ccc(CF)c(N2CCNCC2)c1. The van der Waals surface area contributed by atoms with Gasteiger partial charge in [-0.1, -0.05) is 12.1 Å². The van der Waals surface area contributed by atoms with Crippen molar-refractivity contribution in [3.8, 4) is 5.75 Å². The molecule has 3 rings (SSSR count). The van der Waals surface area contributed by atoms with Crippen LogP contribution in [0, 0.1) is 6.92 Å². The summed E-state index contributed by atoms with van der Waals surface area (Å²) in [6.07, 6.45) is 0. The first-order valence-corrected chi connectivity index (χ1v) is 10.5. The third kappa shape index (κ3) is 5.13. The predicted octanol–water partition coefficient (Wildman–Crippen LogP) is 3.28. The van der Waals surface area contributed by atoms with Crippen LogP contribution < -0.4 is 19.7 Å². The molecule has 158 valence electrons. The predicted molar refractivity (Wildman–Crippen MR) is 105 cm³/mol. The highest BCUT2D eigenvalue weighted by Gasteiger charge is 2.21. The molecule has 29 heavy (non-hydrogen) atoms. The van der Waals surface area contributed by atoms with Crippen LogP contribution in [0.1, 0.15) is 11.1 Å². The van der Waals surface area contributed by atoms with Crippen molar-refractivity contribution in [3.63, 3.8) is 0 Å². The lowest BCUT2D eigenvalue weighted by molar-refractivity contribution is -0.0498. The molecule has 2 aromatic carbocycles. The maximum Gasteiger partial charge on any atom is 0.387 e. The van der Waals surface area contributed by atoms with Crippen molar-refractivity contribution in [3.05, 3.63) is 47.5 Å². The van der Waals surface area contributed by atoms with Gasteiger partial charge >= 0.3 is 6.61 Å². The van der Waals surface area contributed by atoms with Crippen LogP contribution in [-0.2, 0) is 16.7 Å². The molecule has 0 spiro atoms. The number of halogens is 3. The van der Waals surface area contributed by atoms with Crippen LogP contribution in [0.3, 0.4) is 0 Å². The molecule has 1 heterocycles. The first kappa shape index (κ1) is 21.3. The van der Waals surface area contributed by atoms with Crippen molar-refractivity contribution in [1.82, 2.24) is 5.32 Å². The minimum absolute atomic E-state index is 0.0391. The van der Waals surface area contributed by atoms with Gasteiger partial charge in [-0.25, -0.2) is 12.8 Å². The number of ether oxygens (including phenoxy) is 1. The summed E-state index contributed by atoms with van der Waals surface area (Å²) < 4.78 is 70.9. The standard InChI is InChI=1S/C19H22F3N3O3S/c1-13-2-4-15(28-19(21)22)10-17(13)24-29(26,27)16-5-3-14(12-20)18(11-16)25-8-6-23-7-9-25/h2-5,10-11,19,23-24H,6-9,12H2,1H3. The van der Waals surface area contributed by atoms with Crippen LogP contribution in [0.4, 0.5) is 24.5 Å². The van der Waals surface area contributed by atoms with Gasteiger partial charge in [-0.05, 0) is 30.7 Å². The number of hydrogen-bond donors (Lipinski definition) is 2. The van der Waals surface area contributed by atoms with E-state index in [0.29, 0.717) is 29.9 Å². The summed E-state index contributed by atoms with van der Waals surface area (Å²) in [5, 5.41) is 3.19. The van der Waals surface area contributed by atoms with Crippen molar-refractivity contribution in [1.29, 1.82) is 0 Å². The van der Waals surface area contributed by atoms with Gasteiger partial charge in [0.15, 0.2) is 0 Å². The Labute approximate surface area is 167 Å². The highest BCUT2D eigenvalue weighted by atomic mass is 32.2. The molecule has 0 radical (unpaired) electrons. The molecule has 0 saturated carbocycles. The molecule has 10 heteroatoms. The van der Waals surface area contributed by atoms with Crippen LogP contribution in [-0.4, -0.2) is 41.2 Å². The molecule has 2 N–H and O–H groups in total. The lowest BCUT2D eigenvalue weighted by Gasteiger charge is -2.31. The van der Waals surface area contributed by atoms with Gasteiger partial charge in [-0.2, -0.15) is 8.78 Å². The van der Waals surface area contributed by atoms with Gasteiger partial charge in [0.1, 0.15) is 12.4 Å². The highest BCUT2D eigenvalue weighted by Crippen LogP contribution is 2.29. The van der Waals surface area contributed by atoms with Crippen molar-refractivity contribution in [2.75, 3.05) is 35.8 Å². The van der Waals surface area contributed by atoms with Gasteiger partial charge in [0.25, 0.3) is 10.0 Å². The number of nitrogens with one attached hydrogen (secondary N) is 2. The molecular formula is C19H22F3N3O3S. The van der Waals surface area contributed by atoms with Crippen molar-refractivity contribution in [2.45, 2.75) is 25.1 Å². The molecule has 0 aromatic heterocycles. The second kappa shape index (κ2) is 8.91. The molecule has 1 aliphatic heterocycles. The molecule has 2 aromatic rings. The first-order valence-electron chi connectivity index (χ1n) is 9.03. The van der Waals surface area contributed by atoms with E-state index in [2.05, 4.69) is 14.8 Å². The Kier molecular flexibility index (Phi) is 6.53. The topological polar surface area (TPSA) is 70.7 Å². The highest BCUT2D eigenvalue weighted by molar-refractivity contribution is 7.92. The minimum Gasteiger partial charge on any atom is -0.435 e. The lowest BCUT2D eigenvalue weighted by Crippen LogP contribution is -2.44. The Morgan fingerprint density at radius 3 is 2.55 bits per heavy atom. The van der Waals surface area contributed by atoms with Gasteiger partial charge < -0.3 is 15.0 Å². The van der Waals surface area contributed by atoms with Gasteiger partial charge in [0.2, 0.25) is 0 Å². The van der Waals surface area contributed by atoms with Crippen LogP contribution in [0.5, 0.6) is 5.75 Å². The third-order valence-electron chi connectivity index (χ3n) is 4.65. The van der Waals surface area contributed by atoms with Crippen LogP contribution >= 0.6 is 0 Å². The lowest BCUT2D eigenvalue weighted by atomic mass is 10.1. The summed E-state index contributed by atoms with van der Waals surface area (Å²) in [6, 6.07) is 8.24. The average molecular weight is 429 g/mol. The van der Waals surface area contributed by atoms with E-state index in [1.165, 1.54) is 36.4 Å². The number of nitrogens with zero attached hydrogens (tertiary/aromatic N) is 1. The van der Waals surface area contributed by atoms with Gasteiger partial charge in [-0.3, -0.25) is 4.72 Å². The number of sulfonamides is 1. The van der Waals surface area contributed by atoms with E-state index in [9.17, 15) is 21.6 Å². The Morgan fingerprint density at radius 2 is 1.90 bits per heavy atom. The van der Waals surface area contributed by atoms with Crippen molar-refractivity contribution < 1.29 is 26.3 Å². The summed E-state index contributed by atoms with van der Waals surface area (Å²) in [4.78, 5) is 1.90. The van der Waals surface area contributed by atoms with E-state index in [0.717, 1.165) is 13.1 Å². The molecule has 0 unspecified atom stereocenters. The van der Waals surface area contributed by atoms with E-state index in [-0.39, 0.29) is 16.3 Å². The second-order valence-electron chi connectivity index (χ2n) is 6.62. The molecule has 1 fully saturated rings. The third-order valence-corrected chi connectivity index (χ3v) is 6.01. The molecule has 0 atom stereocenters. The summed E-state index contributed by atoms with van der Waals surface area (Å²) in [7, 11) is -4.03. The van der Waals surface area contributed by atoms with Crippen LogP contribution in [0.2, 0.25) is 0 Å². The van der Waals surface area contributed by atoms with Crippen molar-refractivity contribution >= 4 is 21.4 Å². The molecule has 1 aliphatic rings. The number of hydrogen-bond acceptors (Lipinski definition) is 5. The van der Waals surface area contributed by atoms with Gasteiger partial charge in [-0.15, -0.1) is 0 Å². The number of anilines is 2. The average Bonchev–Trinajstić information content (AvgIpc) is 2.70.